The van der Waals surface area contributed by atoms with E-state index in [1.54, 1.807) is 6.92 Å². The maximum atomic E-state index is 13.7. The summed E-state index contributed by atoms with van der Waals surface area (Å²) in [5.74, 6) is -2.57. The highest BCUT2D eigenvalue weighted by Gasteiger charge is 2.23. The molecule has 1 aromatic heterocycles. The van der Waals surface area contributed by atoms with Gasteiger partial charge >= 0.3 is 5.97 Å². The molecule has 1 heterocycles. The van der Waals surface area contributed by atoms with Gasteiger partial charge in [0.05, 0.1) is 4.92 Å². The van der Waals surface area contributed by atoms with Gasteiger partial charge in [-0.05, 0) is 29.3 Å². The van der Waals surface area contributed by atoms with Crippen LogP contribution in [-0.2, 0) is 0 Å². The van der Waals surface area contributed by atoms with Gasteiger partial charge in [-0.3, -0.25) is 10.1 Å². The zero-order valence-electron chi connectivity index (χ0n) is 10.9. The molecule has 8 heteroatoms. The average molecular weight is 310 g/mol. The van der Waals surface area contributed by atoms with Gasteiger partial charge in [0, 0.05) is 18.2 Å². The van der Waals surface area contributed by atoms with Crippen LogP contribution in [0.25, 0.3) is 0 Å². The number of hydrogen-bond acceptors (Lipinski definition) is 5. The largest absolute Gasteiger partial charge is 0.478 e. The number of anilines is 1. The van der Waals surface area contributed by atoms with Crippen LogP contribution in [0.1, 0.15) is 28.9 Å². The van der Waals surface area contributed by atoms with E-state index < -0.39 is 28.0 Å². The number of carboxylic acids is 1. The molecule has 0 fully saturated rings. The summed E-state index contributed by atoms with van der Waals surface area (Å²) in [6.45, 7) is 1.77. The molecule has 0 saturated heterocycles. The molecule has 0 amide bonds. The molecule has 0 aliphatic heterocycles. The van der Waals surface area contributed by atoms with E-state index in [0.29, 0.717) is 0 Å². The molecule has 110 valence electrons. The number of benzene rings is 1. The highest BCUT2D eigenvalue weighted by atomic mass is 32.1. The van der Waals surface area contributed by atoms with Gasteiger partial charge in [-0.15, -0.1) is 0 Å². The molecule has 0 aliphatic rings. The fraction of sp³-hybridized carbons (Fsp3) is 0.154. The topological polar surface area (TPSA) is 92.5 Å². The van der Waals surface area contributed by atoms with Crippen LogP contribution in [0.15, 0.2) is 29.0 Å². The summed E-state index contributed by atoms with van der Waals surface area (Å²) in [5, 5.41) is 26.4. The number of carbonyl (C=O) groups is 1. The molecule has 6 nitrogen and oxygen atoms in total. The Kier molecular flexibility index (Phi) is 4.18. The van der Waals surface area contributed by atoms with Crippen LogP contribution in [0.2, 0.25) is 0 Å². The minimum absolute atomic E-state index is 0.0544. The second-order valence-corrected chi connectivity index (χ2v) is 5.11. The Labute approximate surface area is 123 Å². The Hall–Kier alpha value is -2.48. The zero-order valence-corrected chi connectivity index (χ0v) is 11.7. The summed E-state index contributed by atoms with van der Waals surface area (Å²) in [7, 11) is 0. The second-order valence-electron chi connectivity index (χ2n) is 4.33. The van der Waals surface area contributed by atoms with E-state index in [1.165, 1.54) is 11.3 Å². The molecule has 2 rings (SSSR count). The van der Waals surface area contributed by atoms with Crippen molar-refractivity contribution in [3.63, 3.8) is 0 Å². The second kappa shape index (κ2) is 5.88. The lowest BCUT2D eigenvalue weighted by atomic mass is 10.1. The summed E-state index contributed by atoms with van der Waals surface area (Å²) in [6, 6.07) is 3.13. The number of hydrogen-bond donors (Lipinski definition) is 2. The monoisotopic (exact) mass is 310 g/mol. The van der Waals surface area contributed by atoms with Crippen molar-refractivity contribution < 1.29 is 19.2 Å². The molecule has 2 N–H and O–H groups in total. The van der Waals surface area contributed by atoms with E-state index in [2.05, 4.69) is 5.32 Å². The van der Waals surface area contributed by atoms with Crippen molar-refractivity contribution in [1.29, 1.82) is 0 Å². The van der Waals surface area contributed by atoms with Crippen LogP contribution >= 0.6 is 11.3 Å². The summed E-state index contributed by atoms with van der Waals surface area (Å²) in [6.07, 6.45) is 0. The first-order valence-electron chi connectivity index (χ1n) is 5.90. The maximum Gasteiger partial charge on any atom is 0.338 e. The molecule has 0 radical (unpaired) electrons. The van der Waals surface area contributed by atoms with E-state index in [9.17, 15) is 19.3 Å². The summed E-state index contributed by atoms with van der Waals surface area (Å²) >= 11 is 1.47. The summed E-state index contributed by atoms with van der Waals surface area (Å²) in [5.41, 5.74) is -0.357. The van der Waals surface area contributed by atoms with Gasteiger partial charge in [0.2, 0.25) is 0 Å². The number of thiophene rings is 1. The van der Waals surface area contributed by atoms with Crippen LogP contribution in [0.5, 0.6) is 0 Å². The predicted molar refractivity (Wildman–Crippen MR) is 76.4 cm³/mol. The summed E-state index contributed by atoms with van der Waals surface area (Å²) < 4.78 is 13.7. The van der Waals surface area contributed by atoms with E-state index in [0.717, 1.165) is 17.7 Å². The van der Waals surface area contributed by atoms with Gasteiger partial charge in [-0.2, -0.15) is 11.3 Å². The van der Waals surface area contributed by atoms with E-state index in [4.69, 9.17) is 5.11 Å². The van der Waals surface area contributed by atoms with Crippen LogP contribution in [0, 0.1) is 15.9 Å². The highest BCUT2D eigenvalue weighted by molar-refractivity contribution is 7.08. The zero-order chi connectivity index (χ0) is 15.6. The number of nitrogens with zero attached hydrogens (tertiary/aromatic N) is 1. The third-order valence-corrected chi connectivity index (χ3v) is 3.63. The van der Waals surface area contributed by atoms with Crippen molar-refractivity contribution in [3.8, 4) is 0 Å². The molecule has 0 saturated carbocycles. The van der Waals surface area contributed by atoms with Crippen molar-refractivity contribution in [3.05, 3.63) is 56.0 Å². The van der Waals surface area contributed by atoms with Gasteiger partial charge in [0.15, 0.2) is 0 Å². The van der Waals surface area contributed by atoms with Crippen LogP contribution < -0.4 is 5.32 Å². The quantitative estimate of drug-likeness (QED) is 0.649. The van der Waals surface area contributed by atoms with Crippen molar-refractivity contribution in [2.24, 2.45) is 0 Å². The number of nitro benzene ring substituents is 1. The van der Waals surface area contributed by atoms with Gasteiger partial charge < -0.3 is 10.4 Å². The van der Waals surface area contributed by atoms with Crippen molar-refractivity contribution in [1.82, 2.24) is 0 Å². The van der Waals surface area contributed by atoms with Gasteiger partial charge in [0.1, 0.15) is 17.1 Å². The van der Waals surface area contributed by atoms with Gasteiger partial charge in [0.25, 0.3) is 5.69 Å². The third-order valence-electron chi connectivity index (χ3n) is 2.93. The smallest absolute Gasteiger partial charge is 0.338 e. The van der Waals surface area contributed by atoms with Crippen molar-refractivity contribution in [2.45, 2.75) is 13.0 Å². The number of carboxylic acid groups (broad SMARTS) is 1. The Bertz CT molecular complexity index is 688. The van der Waals surface area contributed by atoms with Crippen molar-refractivity contribution in [2.75, 3.05) is 5.32 Å². The van der Waals surface area contributed by atoms with E-state index in [-0.39, 0.29) is 11.7 Å². The van der Waals surface area contributed by atoms with Gasteiger partial charge in [-0.25, -0.2) is 9.18 Å². The lowest BCUT2D eigenvalue weighted by molar-refractivity contribution is -0.384. The average Bonchev–Trinajstić information content (AvgIpc) is 2.91. The Balaban J connectivity index is 2.40. The molecule has 0 aliphatic carbocycles. The minimum Gasteiger partial charge on any atom is -0.478 e. The van der Waals surface area contributed by atoms with Crippen LogP contribution in [0.4, 0.5) is 15.8 Å². The SMILES string of the molecule is CC(Nc1cc(F)c(C(=O)O)cc1[N+](=O)[O-])c1ccsc1. The molecule has 0 bridgehead atoms. The standard InChI is InChI=1S/C13H11FN2O4S/c1-7(8-2-3-21-6-8)15-11-5-10(14)9(13(17)18)4-12(11)16(19)20/h2-7,15H,1H3,(H,17,18). The van der Waals surface area contributed by atoms with Crippen LogP contribution in [0.3, 0.4) is 0 Å². The number of nitro groups is 1. The fourth-order valence-electron chi connectivity index (χ4n) is 1.83. The molecule has 0 spiro atoms. The third kappa shape index (κ3) is 3.16. The minimum atomic E-state index is -1.55. The number of nitrogens with one attached hydrogen (secondary N) is 1. The van der Waals surface area contributed by atoms with Crippen molar-refractivity contribution >= 4 is 28.7 Å². The molecule has 1 unspecified atom stereocenters. The first-order chi connectivity index (χ1) is 9.90. The molecular weight excluding hydrogens is 299 g/mol. The number of rotatable bonds is 5. The van der Waals surface area contributed by atoms with Gasteiger partial charge in [-0.1, -0.05) is 0 Å². The first-order valence-corrected chi connectivity index (χ1v) is 6.84. The lowest BCUT2D eigenvalue weighted by Crippen LogP contribution is -2.10. The Morgan fingerprint density at radius 2 is 2.24 bits per heavy atom. The Morgan fingerprint density at radius 3 is 2.76 bits per heavy atom. The predicted octanol–water partition coefficient (Wildman–Crippen LogP) is 3.67. The van der Waals surface area contributed by atoms with Crippen LogP contribution in [-0.4, -0.2) is 16.0 Å². The highest BCUT2D eigenvalue weighted by Crippen LogP contribution is 2.31. The fourth-order valence-corrected chi connectivity index (χ4v) is 2.58. The van der Waals surface area contributed by atoms with E-state index >= 15 is 0 Å². The maximum absolute atomic E-state index is 13.7. The molecule has 21 heavy (non-hydrogen) atoms. The lowest BCUT2D eigenvalue weighted by Gasteiger charge is -2.14. The van der Waals surface area contributed by atoms with E-state index in [1.807, 2.05) is 16.8 Å². The molecule has 1 aromatic carbocycles. The Morgan fingerprint density at radius 1 is 1.52 bits per heavy atom. The normalized spacial score (nSPS) is 11.9. The summed E-state index contributed by atoms with van der Waals surface area (Å²) in [4.78, 5) is 21.1. The first kappa shape index (κ1) is 14.9. The number of aromatic carboxylic acids is 1. The molecule has 1 atom stereocenters. The molecular formula is C13H11FN2O4S. The molecule has 2 aromatic rings. The number of halogens is 1.